The molecule has 3 aromatic rings. The molecule has 1 aromatic heterocycles. The summed E-state index contributed by atoms with van der Waals surface area (Å²) in [6.45, 7) is 2.72. The molecular formula is C20H20N2O. The Kier molecular flexibility index (Phi) is 4.69. The summed E-state index contributed by atoms with van der Waals surface area (Å²) >= 11 is 0. The minimum atomic E-state index is -0.627. The second-order valence-electron chi connectivity index (χ2n) is 5.53. The van der Waals surface area contributed by atoms with E-state index in [0.717, 1.165) is 16.9 Å². The third-order valence-electron chi connectivity index (χ3n) is 3.74. The summed E-state index contributed by atoms with van der Waals surface area (Å²) in [7, 11) is 0. The van der Waals surface area contributed by atoms with Crippen molar-refractivity contribution >= 4 is 0 Å². The monoisotopic (exact) mass is 304 g/mol. The van der Waals surface area contributed by atoms with Gasteiger partial charge in [0.15, 0.2) is 5.72 Å². The maximum absolute atomic E-state index is 6.28. The molecule has 2 aromatic carbocycles. The first-order valence-corrected chi connectivity index (χ1v) is 7.70. The summed E-state index contributed by atoms with van der Waals surface area (Å²) in [4.78, 5) is 4.16. The van der Waals surface area contributed by atoms with Crippen molar-refractivity contribution in [1.82, 2.24) is 10.3 Å². The molecule has 0 aliphatic heterocycles. The topological polar surface area (TPSA) is 34.2 Å². The van der Waals surface area contributed by atoms with Gasteiger partial charge in [0.2, 0.25) is 0 Å². The molecule has 0 aliphatic carbocycles. The lowest BCUT2D eigenvalue weighted by atomic mass is 10.0. The fourth-order valence-corrected chi connectivity index (χ4v) is 2.45. The second-order valence-corrected chi connectivity index (χ2v) is 5.53. The molecule has 0 amide bonds. The molecular weight excluding hydrogens is 284 g/mol. The molecule has 0 aliphatic rings. The number of para-hydroxylation sites is 1. The number of nitrogens with one attached hydrogen (secondary N) is 1. The summed E-state index contributed by atoms with van der Waals surface area (Å²) in [5, 5.41) is 3.51. The van der Waals surface area contributed by atoms with Crippen LogP contribution in [-0.4, -0.2) is 4.98 Å². The molecule has 0 saturated heterocycles. The van der Waals surface area contributed by atoms with Gasteiger partial charge in [-0.2, -0.15) is 0 Å². The Morgan fingerprint density at radius 1 is 0.913 bits per heavy atom. The van der Waals surface area contributed by atoms with Gasteiger partial charge in [0, 0.05) is 24.5 Å². The Morgan fingerprint density at radius 2 is 1.61 bits per heavy atom. The van der Waals surface area contributed by atoms with Crippen LogP contribution in [0.5, 0.6) is 5.75 Å². The standard InChI is InChI=1S/C20H20N2O/c1-20(18-10-4-2-5-11-18,23-19-12-6-3-7-13-19)22-16-17-9-8-14-21-15-17/h2-15,22H,16H2,1H3. The van der Waals surface area contributed by atoms with Crippen molar-refractivity contribution in [2.24, 2.45) is 0 Å². The van der Waals surface area contributed by atoms with Crippen molar-refractivity contribution < 1.29 is 4.74 Å². The number of rotatable bonds is 6. The predicted octanol–water partition coefficient (Wildman–Crippen LogP) is 4.12. The third-order valence-corrected chi connectivity index (χ3v) is 3.74. The normalized spacial score (nSPS) is 13.3. The van der Waals surface area contributed by atoms with Crippen molar-refractivity contribution in [2.75, 3.05) is 0 Å². The third kappa shape index (κ3) is 3.96. The van der Waals surface area contributed by atoms with Crippen LogP contribution >= 0.6 is 0 Å². The first-order valence-electron chi connectivity index (χ1n) is 7.70. The van der Waals surface area contributed by atoms with Crippen LogP contribution in [0.1, 0.15) is 18.1 Å². The van der Waals surface area contributed by atoms with Crippen molar-refractivity contribution in [1.29, 1.82) is 0 Å². The lowest BCUT2D eigenvalue weighted by molar-refractivity contribution is 0.0463. The van der Waals surface area contributed by atoms with Crippen LogP contribution in [0.3, 0.4) is 0 Å². The van der Waals surface area contributed by atoms with E-state index in [-0.39, 0.29) is 0 Å². The van der Waals surface area contributed by atoms with Crippen molar-refractivity contribution in [3.05, 3.63) is 96.3 Å². The molecule has 3 nitrogen and oxygen atoms in total. The minimum Gasteiger partial charge on any atom is -0.469 e. The fourth-order valence-electron chi connectivity index (χ4n) is 2.45. The van der Waals surface area contributed by atoms with Gasteiger partial charge in [-0.15, -0.1) is 0 Å². The average molecular weight is 304 g/mol. The predicted molar refractivity (Wildman–Crippen MR) is 91.9 cm³/mol. The molecule has 3 rings (SSSR count). The molecule has 23 heavy (non-hydrogen) atoms. The molecule has 116 valence electrons. The fraction of sp³-hybridized carbons (Fsp3) is 0.150. The van der Waals surface area contributed by atoms with Crippen molar-refractivity contribution in [2.45, 2.75) is 19.2 Å². The lowest BCUT2D eigenvalue weighted by Gasteiger charge is -2.32. The Bertz CT molecular complexity index is 716. The zero-order chi connectivity index (χ0) is 16.0. The molecule has 0 fully saturated rings. The van der Waals surface area contributed by atoms with E-state index in [9.17, 15) is 0 Å². The van der Waals surface area contributed by atoms with E-state index < -0.39 is 5.72 Å². The van der Waals surface area contributed by atoms with Gasteiger partial charge < -0.3 is 4.74 Å². The summed E-state index contributed by atoms with van der Waals surface area (Å²) < 4.78 is 6.28. The number of benzene rings is 2. The highest BCUT2D eigenvalue weighted by atomic mass is 16.5. The van der Waals surface area contributed by atoms with E-state index in [2.05, 4.69) is 22.4 Å². The van der Waals surface area contributed by atoms with Gasteiger partial charge in [0.25, 0.3) is 0 Å². The molecule has 1 heterocycles. The number of hydrogen-bond donors (Lipinski definition) is 1. The van der Waals surface area contributed by atoms with Gasteiger partial charge in [0.1, 0.15) is 5.75 Å². The van der Waals surface area contributed by atoms with E-state index in [1.165, 1.54) is 0 Å². The Morgan fingerprint density at radius 3 is 2.26 bits per heavy atom. The van der Waals surface area contributed by atoms with Crippen LogP contribution in [0.2, 0.25) is 0 Å². The molecule has 0 bridgehead atoms. The molecule has 0 radical (unpaired) electrons. The van der Waals surface area contributed by atoms with Gasteiger partial charge in [0.05, 0.1) is 0 Å². The number of hydrogen-bond acceptors (Lipinski definition) is 3. The first-order chi connectivity index (χ1) is 11.3. The lowest BCUT2D eigenvalue weighted by Crippen LogP contribution is -2.44. The van der Waals surface area contributed by atoms with Crippen LogP contribution in [-0.2, 0) is 12.3 Å². The van der Waals surface area contributed by atoms with Crippen LogP contribution in [0.15, 0.2) is 85.2 Å². The van der Waals surface area contributed by atoms with E-state index in [4.69, 9.17) is 4.74 Å². The summed E-state index contributed by atoms with van der Waals surface area (Å²) in [5.41, 5.74) is 1.57. The number of pyridine rings is 1. The van der Waals surface area contributed by atoms with Gasteiger partial charge >= 0.3 is 0 Å². The van der Waals surface area contributed by atoms with Gasteiger partial charge in [-0.05, 0) is 30.7 Å². The molecule has 1 atom stereocenters. The molecule has 1 unspecified atom stereocenters. The first kappa shape index (κ1) is 15.3. The largest absolute Gasteiger partial charge is 0.469 e. The van der Waals surface area contributed by atoms with E-state index in [1.807, 2.05) is 73.8 Å². The quantitative estimate of drug-likeness (QED) is 0.696. The summed E-state index contributed by atoms with van der Waals surface area (Å²) in [6.07, 6.45) is 3.64. The SMILES string of the molecule is CC(NCc1cccnc1)(Oc1ccccc1)c1ccccc1. The Labute approximate surface area is 137 Å². The average Bonchev–Trinajstić information content (AvgIpc) is 2.63. The van der Waals surface area contributed by atoms with Crippen molar-refractivity contribution in [3.8, 4) is 5.75 Å². The number of nitrogens with zero attached hydrogens (tertiary/aromatic N) is 1. The highest BCUT2D eigenvalue weighted by molar-refractivity contribution is 5.27. The van der Waals surface area contributed by atoms with Crippen LogP contribution in [0.25, 0.3) is 0 Å². The highest BCUT2D eigenvalue weighted by Crippen LogP contribution is 2.26. The maximum Gasteiger partial charge on any atom is 0.184 e. The Hall–Kier alpha value is -2.65. The zero-order valence-corrected chi connectivity index (χ0v) is 13.1. The Balaban J connectivity index is 1.84. The smallest absolute Gasteiger partial charge is 0.184 e. The van der Waals surface area contributed by atoms with Gasteiger partial charge in [-0.25, -0.2) is 0 Å². The summed E-state index contributed by atoms with van der Waals surface area (Å²) in [5.74, 6) is 0.831. The van der Waals surface area contributed by atoms with E-state index in [0.29, 0.717) is 6.54 Å². The summed E-state index contributed by atoms with van der Waals surface area (Å²) in [6, 6.07) is 24.0. The van der Waals surface area contributed by atoms with Crippen molar-refractivity contribution in [3.63, 3.8) is 0 Å². The van der Waals surface area contributed by atoms with Gasteiger partial charge in [-0.1, -0.05) is 54.6 Å². The second kappa shape index (κ2) is 7.07. The zero-order valence-electron chi connectivity index (χ0n) is 13.1. The van der Waals surface area contributed by atoms with E-state index >= 15 is 0 Å². The highest BCUT2D eigenvalue weighted by Gasteiger charge is 2.28. The minimum absolute atomic E-state index is 0.627. The van der Waals surface area contributed by atoms with E-state index in [1.54, 1.807) is 6.20 Å². The molecule has 0 saturated carbocycles. The number of ether oxygens (including phenoxy) is 1. The van der Waals surface area contributed by atoms with Crippen LogP contribution in [0.4, 0.5) is 0 Å². The van der Waals surface area contributed by atoms with Crippen LogP contribution < -0.4 is 10.1 Å². The molecule has 3 heteroatoms. The molecule has 0 spiro atoms. The van der Waals surface area contributed by atoms with Crippen LogP contribution in [0, 0.1) is 0 Å². The maximum atomic E-state index is 6.28. The van der Waals surface area contributed by atoms with Gasteiger partial charge in [-0.3, -0.25) is 10.3 Å². The number of aromatic nitrogens is 1. The molecule has 1 N–H and O–H groups in total.